The summed E-state index contributed by atoms with van der Waals surface area (Å²) in [5.41, 5.74) is 4.58. The van der Waals surface area contributed by atoms with Gasteiger partial charge in [-0.15, -0.1) is 0 Å². The fraction of sp³-hybridized carbons (Fsp3) is 0.500. The lowest BCUT2D eigenvalue weighted by atomic mass is 9.95. The number of hydrogen-bond acceptors (Lipinski definition) is 7. The van der Waals surface area contributed by atoms with Gasteiger partial charge in [0.15, 0.2) is 5.65 Å². The minimum atomic E-state index is -0.540. The summed E-state index contributed by atoms with van der Waals surface area (Å²) in [5, 5.41) is 9.84. The quantitative estimate of drug-likeness (QED) is 0.386. The van der Waals surface area contributed by atoms with E-state index in [0.717, 1.165) is 35.3 Å². The zero-order valence-corrected chi connectivity index (χ0v) is 22.8. The number of pyridine rings is 1. The van der Waals surface area contributed by atoms with Crippen LogP contribution < -0.4 is 5.56 Å². The molecule has 1 saturated carbocycles. The molecule has 0 aromatic carbocycles. The van der Waals surface area contributed by atoms with Crippen LogP contribution in [0.15, 0.2) is 29.3 Å². The molecule has 1 amide bonds. The first-order chi connectivity index (χ1) is 17.9. The number of aryl methyl sites for hydroxylation is 3. The maximum absolute atomic E-state index is 13.7. The molecule has 10 nitrogen and oxygen atoms in total. The van der Waals surface area contributed by atoms with E-state index in [9.17, 15) is 9.59 Å². The van der Waals surface area contributed by atoms with Crippen molar-refractivity contribution in [1.29, 1.82) is 0 Å². The molecule has 0 radical (unpaired) electrons. The zero-order chi connectivity index (χ0) is 27.0. The predicted molar refractivity (Wildman–Crippen MR) is 143 cm³/mol. The van der Waals surface area contributed by atoms with E-state index in [-0.39, 0.29) is 23.2 Å². The van der Waals surface area contributed by atoms with Gasteiger partial charge in [-0.3, -0.25) is 4.79 Å². The molecule has 5 heterocycles. The molecule has 1 spiro atoms. The molecule has 1 atom stereocenters. The first-order valence-corrected chi connectivity index (χ1v) is 13.2. The number of nitrogens with zero attached hydrogens (tertiary/aromatic N) is 7. The van der Waals surface area contributed by atoms with Crippen molar-refractivity contribution in [3.05, 3.63) is 51.7 Å². The molecule has 1 unspecified atom stereocenters. The zero-order valence-electron chi connectivity index (χ0n) is 22.8. The lowest BCUT2D eigenvalue weighted by Gasteiger charge is -2.40. The molecule has 1 saturated heterocycles. The molecule has 0 bridgehead atoms. The van der Waals surface area contributed by atoms with Gasteiger partial charge in [0.05, 0.1) is 40.7 Å². The van der Waals surface area contributed by atoms with Crippen molar-refractivity contribution >= 4 is 22.6 Å². The average molecular weight is 516 g/mol. The molecule has 1 aliphatic carbocycles. The summed E-state index contributed by atoms with van der Waals surface area (Å²) in [7, 11) is 0. The Balaban J connectivity index is 1.32. The van der Waals surface area contributed by atoms with E-state index in [4.69, 9.17) is 14.8 Å². The van der Waals surface area contributed by atoms with E-state index in [1.54, 1.807) is 15.4 Å². The van der Waals surface area contributed by atoms with Gasteiger partial charge < -0.3 is 9.64 Å². The van der Waals surface area contributed by atoms with E-state index in [2.05, 4.69) is 10.1 Å². The van der Waals surface area contributed by atoms with E-state index in [0.29, 0.717) is 41.7 Å². The van der Waals surface area contributed by atoms with Crippen molar-refractivity contribution in [3.8, 4) is 11.4 Å². The highest BCUT2D eigenvalue weighted by molar-refractivity contribution is 5.83. The molecule has 0 N–H and O–H groups in total. The summed E-state index contributed by atoms with van der Waals surface area (Å²) >= 11 is 0. The summed E-state index contributed by atoms with van der Waals surface area (Å²) in [6, 6.07) is 3.81. The molecule has 2 aliphatic rings. The fourth-order valence-corrected chi connectivity index (χ4v) is 5.71. The van der Waals surface area contributed by atoms with E-state index in [1.807, 2.05) is 64.8 Å². The molecule has 4 aromatic heterocycles. The van der Waals surface area contributed by atoms with Crippen LogP contribution in [-0.4, -0.2) is 58.0 Å². The minimum absolute atomic E-state index is 0.0802. The number of carbonyl (C=O) groups excluding carboxylic acids is 1. The van der Waals surface area contributed by atoms with Gasteiger partial charge >= 0.3 is 6.09 Å². The number of piperidine rings is 1. The molecule has 6 rings (SSSR count). The van der Waals surface area contributed by atoms with Crippen LogP contribution >= 0.6 is 0 Å². The largest absolute Gasteiger partial charge is 0.444 e. The Morgan fingerprint density at radius 1 is 1.08 bits per heavy atom. The first kappa shape index (κ1) is 24.5. The van der Waals surface area contributed by atoms with Crippen LogP contribution in [0, 0.1) is 20.8 Å². The molecule has 1 aliphatic heterocycles. The maximum Gasteiger partial charge on any atom is 0.410 e. The van der Waals surface area contributed by atoms with Gasteiger partial charge in [-0.1, -0.05) is 0 Å². The standard InChI is InChI=1S/C28H33N7O3/c1-16-11-20(21-12-17(2)24-30-18(3)15-34(24)32-21)31-22-14-29-35(25(36)23(16)22)19-7-10-33(28(13-19)8-9-28)26(37)38-27(4,5)6/h11-12,14-15,19H,7-10,13H2,1-6H3. The highest BCUT2D eigenvalue weighted by atomic mass is 16.6. The molecular weight excluding hydrogens is 482 g/mol. The number of likely N-dealkylation sites (tertiary alicyclic amines) is 1. The summed E-state index contributed by atoms with van der Waals surface area (Å²) in [4.78, 5) is 37.7. The van der Waals surface area contributed by atoms with Gasteiger partial charge in [-0.25, -0.2) is 24.0 Å². The van der Waals surface area contributed by atoms with Gasteiger partial charge in [-0.2, -0.15) is 10.2 Å². The predicted octanol–water partition coefficient (Wildman–Crippen LogP) is 4.53. The van der Waals surface area contributed by atoms with Gasteiger partial charge in [-0.05, 0) is 90.5 Å². The number of hydrogen-bond donors (Lipinski definition) is 0. The maximum atomic E-state index is 13.7. The number of aromatic nitrogens is 6. The summed E-state index contributed by atoms with van der Waals surface area (Å²) in [6.45, 7) is 12.1. The molecule has 10 heteroatoms. The SMILES string of the molecule is Cc1cn2nc(-c3cc(C)c4c(=O)n(C5CCN(C(=O)OC(C)(C)C)C6(CC6)C5)ncc4n3)cc(C)c2n1. The third-order valence-corrected chi connectivity index (χ3v) is 7.62. The second kappa shape index (κ2) is 8.34. The van der Waals surface area contributed by atoms with Crippen LogP contribution in [0.1, 0.15) is 69.3 Å². The number of ether oxygens (including phenoxy) is 1. The van der Waals surface area contributed by atoms with Crippen LogP contribution in [0.3, 0.4) is 0 Å². The van der Waals surface area contributed by atoms with Crippen molar-refractivity contribution in [3.63, 3.8) is 0 Å². The van der Waals surface area contributed by atoms with E-state index >= 15 is 0 Å². The number of rotatable bonds is 2. The normalized spacial score (nSPS) is 18.9. The van der Waals surface area contributed by atoms with Crippen molar-refractivity contribution in [2.75, 3.05) is 6.54 Å². The van der Waals surface area contributed by atoms with Crippen molar-refractivity contribution < 1.29 is 9.53 Å². The summed E-state index contributed by atoms with van der Waals surface area (Å²) in [6.07, 6.45) is 6.48. The van der Waals surface area contributed by atoms with Crippen LogP contribution in [0.2, 0.25) is 0 Å². The lowest BCUT2D eigenvalue weighted by molar-refractivity contribution is -0.000256. The van der Waals surface area contributed by atoms with Crippen LogP contribution in [0.25, 0.3) is 27.9 Å². The highest BCUT2D eigenvalue weighted by Crippen LogP contribution is 2.51. The van der Waals surface area contributed by atoms with Crippen molar-refractivity contribution in [2.45, 2.75) is 84.4 Å². The van der Waals surface area contributed by atoms with Crippen LogP contribution in [-0.2, 0) is 4.74 Å². The number of imidazole rings is 1. The number of fused-ring (bicyclic) bond motifs is 2. The van der Waals surface area contributed by atoms with Crippen LogP contribution in [0.5, 0.6) is 0 Å². The highest BCUT2D eigenvalue weighted by Gasteiger charge is 2.55. The van der Waals surface area contributed by atoms with Gasteiger partial charge in [0.1, 0.15) is 11.3 Å². The monoisotopic (exact) mass is 515 g/mol. The third-order valence-electron chi connectivity index (χ3n) is 7.62. The van der Waals surface area contributed by atoms with Gasteiger partial charge in [0.25, 0.3) is 5.56 Å². The number of amides is 1. The summed E-state index contributed by atoms with van der Waals surface area (Å²) in [5.74, 6) is 0. The Hall–Kier alpha value is -3.82. The Morgan fingerprint density at radius 3 is 2.53 bits per heavy atom. The smallest absolute Gasteiger partial charge is 0.410 e. The second-order valence-corrected chi connectivity index (χ2v) is 11.8. The topological polar surface area (TPSA) is 108 Å². The van der Waals surface area contributed by atoms with Crippen LogP contribution in [0.4, 0.5) is 4.79 Å². The minimum Gasteiger partial charge on any atom is -0.444 e. The second-order valence-electron chi connectivity index (χ2n) is 11.8. The van der Waals surface area contributed by atoms with Crippen molar-refractivity contribution in [1.82, 2.24) is 34.3 Å². The third kappa shape index (κ3) is 4.12. The lowest BCUT2D eigenvalue weighted by Crippen LogP contribution is -2.51. The number of carbonyl (C=O) groups is 1. The fourth-order valence-electron chi connectivity index (χ4n) is 5.71. The summed E-state index contributed by atoms with van der Waals surface area (Å²) < 4.78 is 9.03. The Kier molecular flexibility index (Phi) is 5.38. The van der Waals surface area contributed by atoms with E-state index in [1.165, 1.54) is 0 Å². The molecule has 198 valence electrons. The molecular formula is C28H33N7O3. The Bertz CT molecular complexity index is 1660. The van der Waals surface area contributed by atoms with Gasteiger partial charge in [0, 0.05) is 12.1 Å². The van der Waals surface area contributed by atoms with Gasteiger partial charge in [0.2, 0.25) is 0 Å². The molecule has 38 heavy (non-hydrogen) atoms. The first-order valence-electron chi connectivity index (χ1n) is 13.2. The van der Waals surface area contributed by atoms with E-state index < -0.39 is 5.60 Å². The van der Waals surface area contributed by atoms with Crippen molar-refractivity contribution in [2.24, 2.45) is 0 Å². The Labute approximate surface area is 220 Å². The molecule has 2 fully saturated rings. The average Bonchev–Trinajstić information content (AvgIpc) is 3.46. The molecule has 4 aromatic rings. The Morgan fingerprint density at radius 2 is 1.82 bits per heavy atom.